The van der Waals surface area contributed by atoms with Crippen LogP contribution in [-0.4, -0.2) is 49.5 Å². The first kappa shape index (κ1) is 13.7. The lowest BCUT2D eigenvalue weighted by atomic mass is 9.93. The van der Waals surface area contributed by atoms with Gasteiger partial charge >= 0.3 is 5.97 Å². The number of aromatic carboxylic acids is 1. The third kappa shape index (κ3) is 2.64. The van der Waals surface area contributed by atoms with E-state index in [1.165, 1.54) is 0 Å². The van der Waals surface area contributed by atoms with Crippen molar-refractivity contribution < 1.29 is 14.5 Å². The summed E-state index contributed by atoms with van der Waals surface area (Å²) in [4.78, 5) is 11.4. The summed E-state index contributed by atoms with van der Waals surface area (Å²) in [6, 6.07) is 0. The van der Waals surface area contributed by atoms with Crippen LogP contribution < -0.4 is 5.32 Å². The Kier molecular flexibility index (Phi) is 3.65. The number of carbonyl (C=O) groups is 1. The largest absolute Gasteiger partial charge is 0.476 e. The Bertz CT molecular complexity index is 643. The second-order valence-corrected chi connectivity index (χ2v) is 5.11. The highest BCUT2D eigenvalue weighted by Crippen LogP contribution is 2.27. The lowest BCUT2D eigenvalue weighted by Gasteiger charge is -2.23. The van der Waals surface area contributed by atoms with Gasteiger partial charge < -0.3 is 10.4 Å². The molecule has 0 amide bonds. The molecule has 1 saturated heterocycles. The highest BCUT2D eigenvalue weighted by molar-refractivity contribution is 5.86. The maximum Gasteiger partial charge on any atom is 0.358 e. The number of hydrogen-bond acceptors (Lipinski definition) is 7. The van der Waals surface area contributed by atoms with Crippen molar-refractivity contribution in [3.05, 3.63) is 22.8 Å². The molecule has 21 heavy (non-hydrogen) atoms. The molecule has 0 unspecified atom stereocenters. The molecule has 1 aliphatic heterocycles. The normalized spacial score (nSPS) is 16.2. The fourth-order valence-electron chi connectivity index (χ4n) is 2.62. The summed E-state index contributed by atoms with van der Waals surface area (Å²) < 4.78 is 6.27. The Morgan fingerprint density at radius 1 is 1.43 bits per heavy atom. The molecular weight excluding hydrogens is 276 g/mol. The van der Waals surface area contributed by atoms with Gasteiger partial charge in [-0.05, 0) is 32.9 Å². The van der Waals surface area contributed by atoms with E-state index in [1.807, 2.05) is 0 Å². The summed E-state index contributed by atoms with van der Waals surface area (Å²) in [6.07, 6.45) is 1.73. The van der Waals surface area contributed by atoms with Gasteiger partial charge in [0.25, 0.3) is 0 Å². The second-order valence-electron chi connectivity index (χ2n) is 5.11. The van der Waals surface area contributed by atoms with Gasteiger partial charge in [0, 0.05) is 5.92 Å². The molecule has 2 aromatic heterocycles. The Morgan fingerprint density at radius 3 is 2.81 bits per heavy atom. The Labute approximate surface area is 120 Å². The van der Waals surface area contributed by atoms with Crippen molar-refractivity contribution in [2.24, 2.45) is 0 Å². The van der Waals surface area contributed by atoms with Crippen LogP contribution in [0.2, 0.25) is 0 Å². The SMILES string of the molecule is Cc1nonc1Cn1nnc(C(=O)O)c1C1CCNCC1. The standard InChI is InChI=1S/C12H16N6O3/c1-7-9(16-21-15-7)6-18-11(8-2-4-13-5-3-8)10(12(19)20)14-17-18/h8,13H,2-6H2,1H3,(H,19,20). The molecule has 0 saturated carbocycles. The van der Waals surface area contributed by atoms with Crippen LogP contribution >= 0.6 is 0 Å². The van der Waals surface area contributed by atoms with Gasteiger partial charge in [-0.2, -0.15) is 0 Å². The molecule has 0 spiro atoms. The third-order valence-electron chi connectivity index (χ3n) is 3.75. The minimum Gasteiger partial charge on any atom is -0.476 e. The van der Waals surface area contributed by atoms with Crippen molar-refractivity contribution in [2.75, 3.05) is 13.1 Å². The average molecular weight is 292 g/mol. The summed E-state index contributed by atoms with van der Waals surface area (Å²) in [5, 5.41) is 27.9. The number of aryl methyl sites for hydroxylation is 1. The molecule has 0 bridgehead atoms. The lowest BCUT2D eigenvalue weighted by molar-refractivity contribution is 0.0688. The van der Waals surface area contributed by atoms with E-state index in [-0.39, 0.29) is 11.6 Å². The van der Waals surface area contributed by atoms with Crippen LogP contribution in [0.5, 0.6) is 0 Å². The number of hydrogen-bond donors (Lipinski definition) is 2. The molecule has 2 aromatic rings. The number of carboxylic acid groups (broad SMARTS) is 1. The monoisotopic (exact) mass is 292 g/mol. The van der Waals surface area contributed by atoms with Crippen LogP contribution in [0, 0.1) is 6.92 Å². The third-order valence-corrected chi connectivity index (χ3v) is 3.75. The number of nitrogens with zero attached hydrogens (tertiary/aromatic N) is 5. The molecular formula is C12H16N6O3. The minimum absolute atomic E-state index is 0.0241. The molecule has 9 heteroatoms. The lowest BCUT2D eigenvalue weighted by Crippen LogP contribution is -2.29. The van der Waals surface area contributed by atoms with Crippen LogP contribution in [-0.2, 0) is 6.54 Å². The van der Waals surface area contributed by atoms with Crippen LogP contribution in [0.3, 0.4) is 0 Å². The van der Waals surface area contributed by atoms with E-state index in [0.717, 1.165) is 25.9 Å². The molecule has 0 aliphatic carbocycles. The van der Waals surface area contributed by atoms with Crippen molar-refractivity contribution >= 4 is 5.97 Å². The summed E-state index contributed by atoms with van der Waals surface area (Å²) in [5.41, 5.74) is 1.98. The predicted octanol–water partition coefficient (Wildman–Crippen LogP) is 0.183. The smallest absolute Gasteiger partial charge is 0.358 e. The average Bonchev–Trinajstić information content (AvgIpc) is 3.07. The van der Waals surface area contributed by atoms with Gasteiger partial charge in [-0.25, -0.2) is 14.1 Å². The van der Waals surface area contributed by atoms with E-state index in [4.69, 9.17) is 0 Å². The van der Waals surface area contributed by atoms with Gasteiger partial charge in [-0.3, -0.25) is 0 Å². The Hall–Kier alpha value is -2.29. The van der Waals surface area contributed by atoms with Crippen molar-refractivity contribution in [3.63, 3.8) is 0 Å². The molecule has 112 valence electrons. The maximum atomic E-state index is 11.4. The zero-order valence-electron chi connectivity index (χ0n) is 11.6. The molecule has 0 radical (unpaired) electrons. The predicted molar refractivity (Wildman–Crippen MR) is 70.0 cm³/mol. The zero-order valence-corrected chi connectivity index (χ0v) is 11.6. The van der Waals surface area contributed by atoms with Gasteiger partial charge in [-0.15, -0.1) is 5.10 Å². The van der Waals surface area contributed by atoms with Crippen LogP contribution in [0.4, 0.5) is 0 Å². The molecule has 0 aromatic carbocycles. The fraction of sp³-hybridized carbons (Fsp3) is 0.583. The summed E-state index contributed by atoms with van der Waals surface area (Å²) in [6.45, 7) is 3.82. The van der Waals surface area contributed by atoms with E-state index >= 15 is 0 Å². The van der Waals surface area contributed by atoms with Crippen molar-refractivity contribution in [1.29, 1.82) is 0 Å². The minimum atomic E-state index is -1.05. The van der Waals surface area contributed by atoms with E-state index in [0.29, 0.717) is 23.6 Å². The van der Waals surface area contributed by atoms with Gasteiger partial charge in [0.15, 0.2) is 5.69 Å². The number of piperidine rings is 1. The maximum absolute atomic E-state index is 11.4. The van der Waals surface area contributed by atoms with E-state index in [2.05, 4.69) is 30.6 Å². The molecule has 2 N–H and O–H groups in total. The van der Waals surface area contributed by atoms with Gasteiger partial charge in [0.2, 0.25) is 0 Å². The van der Waals surface area contributed by atoms with Gasteiger partial charge in [0.1, 0.15) is 11.4 Å². The molecule has 3 rings (SSSR count). The summed E-state index contributed by atoms with van der Waals surface area (Å²) >= 11 is 0. The van der Waals surface area contributed by atoms with Crippen molar-refractivity contribution in [3.8, 4) is 0 Å². The van der Waals surface area contributed by atoms with Crippen molar-refractivity contribution in [2.45, 2.75) is 32.2 Å². The fourth-order valence-corrected chi connectivity index (χ4v) is 2.62. The van der Waals surface area contributed by atoms with E-state index in [1.54, 1.807) is 11.6 Å². The van der Waals surface area contributed by atoms with Crippen LogP contribution in [0.1, 0.15) is 46.3 Å². The first-order valence-corrected chi connectivity index (χ1v) is 6.82. The molecule has 9 nitrogen and oxygen atoms in total. The first-order valence-electron chi connectivity index (χ1n) is 6.82. The zero-order chi connectivity index (χ0) is 14.8. The van der Waals surface area contributed by atoms with Crippen molar-refractivity contribution in [1.82, 2.24) is 30.6 Å². The van der Waals surface area contributed by atoms with Crippen LogP contribution in [0.25, 0.3) is 0 Å². The molecule has 0 atom stereocenters. The first-order chi connectivity index (χ1) is 10.2. The van der Waals surface area contributed by atoms with Crippen LogP contribution in [0.15, 0.2) is 4.63 Å². The van der Waals surface area contributed by atoms with E-state index in [9.17, 15) is 9.90 Å². The topological polar surface area (TPSA) is 119 Å². The number of nitrogens with one attached hydrogen (secondary N) is 1. The number of aromatic nitrogens is 5. The Morgan fingerprint density at radius 2 is 2.19 bits per heavy atom. The second kappa shape index (κ2) is 5.60. The highest BCUT2D eigenvalue weighted by Gasteiger charge is 2.28. The molecule has 1 aliphatic rings. The van der Waals surface area contributed by atoms with E-state index < -0.39 is 5.97 Å². The number of carboxylic acids is 1. The molecule has 1 fully saturated rings. The molecule has 3 heterocycles. The van der Waals surface area contributed by atoms with Gasteiger partial charge in [0.05, 0.1) is 12.2 Å². The summed E-state index contributed by atoms with van der Waals surface area (Å²) in [7, 11) is 0. The number of rotatable bonds is 4. The Balaban J connectivity index is 1.96. The quantitative estimate of drug-likeness (QED) is 0.819. The highest BCUT2D eigenvalue weighted by atomic mass is 16.6. The summed E-state index contributed by atoms with van der Waals surface area (Å²) in [5.74, 6) is -0.919. The van der Waals surface area contributed by atoms with Gasteiger partial charge in [-0.1, -0.05) is 15.5 Å².